The maximum absolute atomic E-state index is 13.2. The number of fused-ring (bicyclic) bond motifs is 1. The number of imidazole rings is 1. The van der Waals surface area contributed by atoms with Crippen molar-refractivity contribution in [3.63, 3.8) is 0 Å². The first-order valence-corrected chi connectivity index (χ1v) is 11.7. The largest absolute Gasteiger partial charge is 0.491 e. The molecule has 1 aliphatic heterocycles. The number of benzene rings is 1. The summed E-state index contributed by atoms with van der Waals surface area (Å²) in [7, 11) is 0. The van der Waals surface area contributed by atoms with Crippen molar-refractivity contribution in [2.24, 2.45) is 11.7 Å². The van der Waals surface area contributed by atoms with Crippen LogP contribution in [0.2, 0.25) is 0 Å². The molecule has 34 heavy (non-hydrogen) atoms. The zero-order valence-electron chi connectivity index (χ0n) is 19.9. The van der Waals surface area contributed by atoms with E-state index < -0.39 is 5.91 Å². The van der Waals surface area contributed by atoms with Crippen molar-refractivity contribution < 1.29 is 19.1 Å². The molecule has 2 aromatic heterocycles. The zero-order chi connectivity index (χ0) is 24.2. The Morgan fingerprint density at radius 1 is 1.24 bits per heavy atom. The van der Waals surface area contributed by atoms with Gasteiger partial charge in [-0.15, -0.1) is 0 Å². The minimum atomic E-state index is -0.562. The predicted molar refractivity (Wildman–Crippen MR) is 129 cm³/mol. The number of anilines is 1. The minimum absolute atomic E-state index is 0.278. The molecule has 1 fully saturated rings. The van der Waals surface area contributed by atoms with Crippen LogP contribution in [0, 0.1) is 12.8 Å². The summed E-state index contributed by atoms with van der Waals surface area (Å²) in [6, 6.07) is 6.89. The van der Waals surface area contributed by atoms with Gasteiger partial charge in [-0.3, -0.25) is 19.9 Å². The van der Waals surface area contributed by atoms with Crippen LogP contribution in [0.1, 0.15) is 58.8 Å². The molecule has 0 bridgehead atoms. The maximum atomic E-state index is 13.2. The highest BCUT2D eigenvalue weighted by molar-refractivity contribution is 6.05. The highest BCUT2D eigenvalue weighted by Crippen LogP contribution is 2.32. The van der Waals surface area contributed by atoms with Gasteiger partial charge in [0.1, 0.15) is 11.3 Å². The lowest BCUT2D eigenvalue weighted by atomic mass is 10.1. The summed E-state index contributed by atoms with van der Waals surface area (Å²) in [5.74, 6) is 0.566. The second-order valence-corrected chi connectivity index (χ2v) is 8.59. The predicted octanol–water partition coefficient (Wildman–Crippen LogP) is 3.48. The standard InChI is InChI=1S/C25H31N5O4/c1-4-9-30-22-20(11-17(23(26)31)12-21(22)34-10-8-16-13-33-14-16)28-25(30)29-24(32)18-7-6-15(3)27-19(18)5-2/h6-7,11-12,16H,4-5,8-10,13-14H2,1-3H3,(H2,26,31)(H,28,29,32). The molecular weight excluding hydrogens is 434 g/mol. The normalized spacial score (nSPS) is 13.6. The Morgan fingerprint density at radius 3 is 2.68 bits per heavy atom. The van der Waals surface area contributed by atoms with Gasteiger partial charge in [-0.05, 0) is 50.5 Å². The number of aryl methyl sites for hydroxylation is 3. The lowest BCUT2D eigenvalue weighted by Crippen LogP contribution is -2.28. The number of carbonyl (C=O) groups excluding carboxylic acids is 2. The Hall–Kier alpha value is -3.46. The SMILES string of the molecule is CCCn1c(NC(=O)c2ccc(C)nc2CC)nc2cc(C(N)=O)cc(OCCC3COC3)c21. The fraction of sp³-hybridized carbons (Fsp3) is 0.440. The Kier molecular flexibility index (Phi) is 7.12. The van der Waals surface area contributed by atoms with E-state index in [1.54, 1.807) is 18.2 Å². The van der Waals surface area contributed by atoms with Gasteiger partial charge in [-0.1, -0.05) is 13.8 Å². The van der Waals surface area contributed by atoms with Crippen LogP contribution in [0.4, 0.5) is 5.95 Å². The quantitative estimate of drug-likeness (QED) is 0.473. The molecule has 3 aromatic rings. The van der Waals surface area contributed by atoms with Gasteiger partial charge < -0.3 is 19.8 Å². The molecule has 1 saturated heterocycles. The van der Waals surface area contributed by atoms with E-state index >= 15 is 0 Å². The number of ether oxygens (including phenoxy) is 2. The van der Waals surface area contributed by atoms with Crippen molar-refractivity contribution in [2.45, 2.75) is 46.6 Å². The number of nitrogens with two attached hydrogens (primary N) is 1. The number of nitrogens with one attached hydrogen (secondary N) is 1. The van der Waals surface area contributed by atoms with Crippen LogP contribution in [0.5, 0.6) is 5.75 Å². The van der Waals surface area contributed by atoms with Crippen molar-refractivity contribution in [3.8, 4) is 5.75 Å². The number of amides is 2. The number of hydrogen-bond acceptors (Lipinski definition) is 6. The Morgan fingerprint density at radius 2 is 2.03 bits per heavy atom. The molecule has 1 aromatic carbocycles. The van der Waals surface area contributed by atoms with E-state index in [1.165, 1.54) is 0 Å². The average Bonchev–Trinajstić information content (AvgIpc) is 3.12. The molecule has 9 nitrogen and oxygen atoms in total. The first-order chi connectivity index (χ1) is 16.4. The molecule has 0 atom stereocenters. The fourth-order valence-corrected chi connectivity index (χ4v) is 4.06. The summed E-state index contributed by atoms with van der Waals surface area (Å²) in [6.07, 6.45) is 2.31. The molecule has 180 valence electrons. The Labute approximate surface area is 198 Å². The molecule has 0 spiro atoms. The van der Waals surface area contributed by atoms with Crippen molar-refractivity contribution in [2.75, 3.05) is 25.1 Å². The van der Waals surface area contributed by atoms with Crippen molar-refractivity contribution in [1.82, 2.24) is 14.5 Å². The van der Waals surface area contributed by atoms with Crippen molar-refractivity contribution >= 4 is 28.8 Å². The van der Waals surface area contributed by atoms with Crippen LogP contribution in [0.25, 0.3) is 11.0 Å². The lowest BCUT2D eigenvalue weighted by Gasteiger charge is -2.25. The van der Waals surface area contributed by atoms with Gasteiger partial charge in [-0.25, -0.2) is 4.98 Å². The number of aromatic nitrogens is 3. The molecule has 0 radical (unpaired) electrons. The van der Waals surface area contributed by atoms with E-state index in [0.29, 0.717) is 53.8 Å². The van der Waals surface area contributed by atoms with Gasteiger partial charge in [-0.2, -0.15) is 0 Å². The molecule has 3 N–H and O–H groups in total. The van der Waals surface area contributed by atoms with E-state index in [9.17, 15) is 9.59 Å². The monoisotopic (exact) mass is 465 g/mol. The summed E-state index contributed by atoms with van der Waals surface area (Å²) in [4.78, 5) is 34.3. The molecule has 2 amide bonds. The topological polar surface area (TPSA) is 121 Å². The highest BCUT2D eigenvalue weighted by Gasteiger charge is 2.22. The molecule has 0 unspecified atom stereocenters. The number of rotatable bonds is 10. The first kappa shape index (κ1) is 23.7. The molecule has 4 rings (SSSR count). The minimum Gasteiger partial charge on any atom is -0.491 e. The summed E-state index contributed by atoms with van der Waals surface area (Å²) >= 11 is 0. The highest BCUT2D eigenvalue weighted by atomic mass is 16.5. The van der Waals surface area contributed by atoms with Crippen LogP contribution in [0.15, 0.2) is 24.3 Å². The van der Waals surface area contributed by atoms with Gasteiger partial charge in [0, 0.05) is 23.7 Å². The Balaban J connectivity index is 1.71. The third-order valence-electron chi connectivity index (χ3n) is 5.95. The second kappa shape index (κ2) is 10.2. The third-order valence-corrected chi connectivity index (χ3v) is 5.95. The first-order valence-electron chi connectivity index (χ1n) is 11.7. The van der Waals surface area contributed by atoms with E-state index in [0.717, 1.165) is 43.0 Å². The number of nitrogens with zero attached hydrogens (tertiary/aromatic N) is 3. The molecule has 3 heterocycles. The van der Waals surface area contributed by atoms with Gasteiger partial charge in [0.05, 0.1) is 36.6 Å². The van der Waals surface area contributed by atoms with Crippen LogP contribution >= 0.6 is 0 Å². The maximum Gasteiger partial charge on any atom is 0.259 e. The smallest absolute Gasteiger partial charge is 0.259 e. The average molecular weight is 466 g/mol. The van der Waals surface area contributed by atoms with Crippen LogP contribution < -0.4 is 15.8 Å². The van der Waals surface area contributed by atoms with Gasteiger partial charge in [0.25, 0.3) is 5.91 Å². The van der Waals surface area contributed by atoms with E-state index in [-0.39, 0.29) is 5.91 Å². The molecule has 9 heteroatoms. The molecule has 0 aliphatic carbocycles. The lowest BCUT2D eigenvalue weighted by molar-refractivity contribution is -0.0400. The fourth-order valence-electron chi connectivity index (χ4n) is 4.06. The van der Waals surface area contributed by atoms with Crippen LogP contribution in [-0.2, 0) is 17.7 Å². The van der Waals surface area contributed by atoms with Gasteiger partial charge in [0.15, 0.2) is 0 Å². The summed E-state index contributed by atoms with van der Waals surface area (Å²) in [5, 5.41) is 2.95. The van der Waals surface area contributed by atoms with Crippen LogP contribution in [0.3, 0.4) is 0 Å². The zero-order valence-corrected chi connectivity index (χ0v) is 19.9. The summed E-state index contributed by atoms with van der Waals surface area (Å²) < 4.78 is 13.3. The molecule has 0 saturated carbocycles. The molecular formula is C25H31N5O4. The number of hydrogen-bond donors (Lipinski definition) is 2. The van der Waals surface area contributed by atoms with Crippen LogP contribution in [-0.4, -0.2) is 46.2 Å². The van der Waals surface area contributed by atoms with Gasteiger partial charge in [0.2, 0.25) is 11.9 Å². The summed E-state index contributed by atoms with van der Waals surface area (Å²) in [5.41, 5.74) is 9.25. The van der Waals surface area contributed by atoms with E-state index in [4.69, 9.17) is 15.2 Å². The second-order valence-electron chi connectivity index (χ2n) is 8.59. The Bertz CT molecular complexity index is 1220. The van der Waals surface area contributed by atoms with Crippen molar-refractivity contribution in [1.29, 1.82) is 0 Å². The van der Waals surface area contributed by atoms with E-state index in [2.05, 4.69) is 15.3 Å². The number of carbonyl (C=O) groups is 2. The number of pyridine rings is 1. The van der Waals surface area contributed by atoms with E-state index in [1.807, 2.05) is 31.4 Å². The molecule has 1 aliphatic rings. The third kappa shape index (κ3) is 4.89. The van der Waals surface area contributed by atoms with Gasteiger partial charge >= 0.3 is 0 Å². The number of primary amides is 1. The summed E-state index contributed by atoms with van der Waals surface area (Å²) in [6.45, 7) is 8.51. The van der Waals surface area contributed by atoms with Crippen molar-refractivity contribution in [3.05, 3.63) is 46.8 Å².